The van der Waals surface area contributed by atoms with E-state index in [1.54, 1.807) is 11.8 Å². The third-order valence-corrected chi connectivity index (χ3v) is 5.25. The lowest BCUT2D eigenvalue weighted by Crippen LogP contribution is -2.30. The fourth-order valence-electron chi connectivity index (χ4n) is 3.09. The highest BCUT2D eigenvalue weighted by Gasteiger charge is 2.19. The van der Waals surface area contributed by atoms with Gasteiger partial charge in [-0.2, -0.15) is 0 Å². The number of nitrogens with one attached hydrogen (secondary N) is 1. The summed E-state index contributed by atoms with van der Waals surface area (Å²) in [4.78, 5) is 18.3. The Morgan fingerprint density at radius 1 is 1.20 bits per heavy atom. The second-order valence-electron chi connectivity index (χ2n) is 6.12. The van der Waals surface area contributed by atoms with Crippen LogP contribution >= 0.6 is 11.8 Å². The van der Waals surface area contributed by atoms with Gasteiger partial charge in [0.15, 0.2) is 5.16 Å². The van der Waals surface area contributed by atoms with Crippen molar-refractivity contribution in [2.24, 2.45) is 0 Å². The van der Waals surface area contributed by atoms with E-state index < -0.39 is 0 Å². The van der Waals surface area contributed by atoms with Crippen molar-refractivity contribution in [1.82, 2.24) is 19.8 Å². The maximum Gasteiger partial charge on any atom is 0.317 e. The molecule has 2 heterocycles. The van der Waals surface area contributed by atoms with Gasteiger partial charge < -0.3 is 10.2 Å². The molecule has 1 saturated heterocycles. The number of imidazole rings is 1. The third-order valence-electron chi connectivity index (χ3n) is 4.33. The van der Waals surface area contributed by atoms with Crippen molar-refractivity contribution in [2.75, 3.05) is 25.4 Å². The Bertz CT molecular complexity index is 921. The van der Waals surface area contributed by atoms with Gasteiger partial charge in [0.2, 0.25) is 0 Å². The Morgan fingerprint density at radius 3 is 2.88 bits per heavy atom. The Morgan fingerprint density at radius 2 is 2.08 bits per heavy atom. The Labute approximate surface area is 151 Å². The Balaban J connectivity index is 1.63. The molecule has 4 rings (SSSR count). The first-order chi connectivity index (χ1) is 12.2. The molecule has 128 valence electrons. The predicted octanol–water partition coefficient (Wildman–Crippen LogP) is 3.45. The number of fused-ring (bicyclic) bond motifs is 1. The summed E-state index contributed by atoms with van der Waals surface area (Å²) in [6.07, 6.45) is 0. The summed E-state index contributed by atoms with van der Waals surface area (Å²) in [5.74, 6) is 0.822. The lowest BCUT2D eigenvalue weighted by atomic mass is 10.2. The van der Waals surface area contributed by atoms with Crippen LogP contribution in [0.1, 0.15) is 5.56 Å². The molecule has 5 nitrogen and oxygen atoms in total. The number of urea groups is 1. The van der Waals surface area contributed by atoms with Gasteiger partial charge in [-0.3, -0.25) is 4.57 Å². The van der Waals surface area contributed by atoms with Crippen LogP contribution < -0.4 is 5.32 Å². The van der Waals surface area contributed by atoms with Crippen LogP contribution in [0.3, 0.4) is 0 Å². The van der Waals surface area contributed by atoms with Crippen molar-refractivity contribution in [3.63, 3.8) is 0 Å². The van der Waals surface area contributed by atoms with Gasteiger partial charge in [-0.15, -0.1) is 0 Å². The lowest BCUT2D eigenvalue weighted by molar-refractivity contribution is 0.220. The van der Waals surface area contributed by atoms with Crippen molar-refractivity contribution in [3.05, 3.63) is 54.1 Å². The van der Waals surface area contributed by atoms with Gasteiger partial charge in [0, 0.05) is 31.1 Å². The SMILES string of the molecule is Cc1cccc(-n2c(SCCN3CCNC3=O)nc3ccccc32)c1. The summed E-state index contributed by atoms with van der Waals surface area (Å²) in [7, 11) is 0. The molecule has 25 heavy (non-hydrogen) atoms. The summed E-state index contributed by atoms with van der Waals surface area (Å²) in [6.45, 7) is 4.36. The van der Waals surface area contributed by atoms with Crippen molar-refractivity contribution in [2.45, 2.75) is 12.1 Å². The molecular weight excluding hydrogens is 332 g/mol. The highest BCUT2D eigenvalue weighted by atomic mass is 32.2. The molecule has 1 aliphatic heterocycles. The van der Waals surface area contributed by atoms with Crippen LogP contribution in [0, 0.1) is 6.92 Å². The number of aryl methyl sites for hydroxylation is 1. The average molecular weight is 352 g/mol. The average Bonchev–Trinajstić information content (AvgIpc) is 3.18. The van der Waals surface area contributed by atoms with E-state index in [0.717, 1.165) is 47.3 Å². The number of aromatic nitrogens is 2. The molecule has 3 aromatic rings. The van der Waals surface area contributed by atoms with E-state index in [1.807, 2.05) is 23.1 Å². The first kappa shape index (κ1) is 16.0. The monoisotopic (exact) mass is 352 g/mol. The minimum absolute atomic E-state index is 0.0350. The first-order valence-electron chi connectivity index (χ1n) is 8.42. The highest BCUT2D eigenvalue weighted by Crippen LogP contribution is 2.28. The zero-order chi connectivity index (χ0) is 17.2. The summed E-state index contributed by atoms with van der Waals surface area (Å²) < 4.78 is 2.21. The van der Waals surface area contributed by atoms with E-state index in [-0.39, 0.29) is 6.03 Å². The summed E-state index contributed by atoms with van der Waals surface area (Å²) >= 11 is 1.69. The Kier molecular flexibility index (Phi) is 4.36. The third kappa shape index (κ3) is 3.22. The molecule has 1 aromatic heterocycles. The van der Waals surface area contributed by atoms with Crippen molar-refractivity contribution in [3.8, 4) is 5.69 Å². The number of amides is 2. The molecule has 2 aromatic carbocycles. The van der Waals surface area contributed by atoms with Crippen LogP contribution in [-0.4, -0.2) is 45.9 Å². The maximum absolute atomic E-state index is 11.7. The molecule has 1 fully saturated rings. The van der Waals surface area contributed by atoms with E-state index in [9.17, 15) is 4.79 Å². The number of para-hydroxylation sites is 2. The number of rotatable bonds is 5. The van der Waals surface area contributed by atoms with Crippen LogP contribution in [0.15, 0.2) is 53.7 Å². The number of carbonyl (C=O) groups is 1. The van der Waals surface area contributed by atoms with E-state index in [1.165, 1.54) is 5.56 Å². The van der Waals surface area contributed by atoms with E-state index in [0.29, 0.717) is 0 Å². The fourth-order valence-corrected chi connectivity index (χ4v) is 4.08. The fraction of sp³-hybridized carbons (Fsp3) is 0.263. The zero-order valence-electron chi connectivity index (χ0n) is 14.1. The number of carbonyl (C=O) groups excluding carboxylic acids is 1. The number of hydrogen-bond acceptors (Lipinski definition) is 3. The normalized spacial score (nSPS) is 14.3. The molecule has 1 aliphatic rings. The standard InChI is InChI=1S/C19H20N4OS/c1-14-5-4-6-15(13-14)23-17-8-3-2-7-16(17)21-19(23)25-12-11-22-10-9-20-18(22)24/h2-8,13H,9-12H2,1H3,(H,20,24). The van der Waals surface area contributed by atoms with Crippen molar-refractivity contribution >= 4 is 28.8 Å². The van der Waals surface area contributed by atoms with Crippen LogP contribution in [-0.2, 0) is 0 Å². The molecule has 6 heteroatoms. The van der Waals surface area contributed by atoms with E-state index in [4.69, 9.17) is 4.98 Å². The minimum Gasteiger partial charge on any atom is -0.336 e. The van der Waals surface area contributed by atoms with Gasteiger partial charge in [0.1, 0.15) is 0 Å². The summed E-state index contributed by atoms with van der Waals surface area (Å²) in [5, 5.41) is 3.80. The van der Waals surface area contributed by atoms with Crippen LogP contribution in [0.25, 0.3) is 16.7 Å². The zero-order valence-corrected chi connectivity index (χ0v) is 14.9. The molecule has 0 bridgehead atoms. The largest absolute Gasteiger partial charge is 0.336 e. The summed E-state index contributed by atoms with van der Waals surface area (Å²) in [5.41, 5.74) is 4.44. The molecule has 0 aliphatic carbocycles. The smallest absolute Gasteiger partial charge is 0.317 e. The second kappa shape index (κ2) is 6.80. The molecule has 1 N–H and O–H groups in total. The number of thioether (sulfide) groups is 1. The maximum atomic E-state index is 11.7. The molecule has 0 saturated carbocycles. The van der Waals surface area contributed by atoms with Gasteiger partial charge in [-0.05, 0) is 36.8 Å². The Hall–Kier alpha value is -2.47. The number of hydrogen-bond donors (Lipinski definition) is 1. The quantitative estimate of drug-likeness (QED) is 0.716. The minimum atomic E-state index is 0.0350. The van der Waals surface area contributed by atoms with Gasteiger partial charge >= 0.3 is 6.03 Å². The molecule has 0 atom stereocenters. The number of nitrogens with zero attached hydrogens (tertiary/aromatic N) is 3. The molecular formula is C19H20N4OS. The first-order valence-corrected chi connectivity index (χ1v) is 9.41. The highest BCUT2D eigenvalue weighted by molar-refractivity contribution is 7.99. The second-order valence-corrected chi connectivity index (χ2v) is 7.19. The molecule has 0 spiro atoms. The number of benzene rings is 2. The van der Waals surface area contributed by atoms with Gasteiger partial charge in [-0.25, -0.2) is 9.78 Å². The van der Waals surface area contributed by atoms with Crippen LogP contribution in [0.5, 0.6) is 0 Å². The van der Waals surface area contributed by atoms with Crippen LogP contribution in [0.2, 0.25) is 0 Å². The predicted molar refractivity (Wildman–Crippen MR) is 102 cm³/mol. The molecule has 2 amide bonds. The van der Waals surface area contributed by atoms with Gasteiger partial charge in [0.25, 0.3) is 0 Å². The van der Waals surface area contributed by atoms with Crippen molar-refractivity contribution < 1.29 is 4.79 Å². The van der Waals surface area contributed by atoms with Crippen molar-refractivity contribution in [1.29, 1.82) is 0 Å². The molecule has 0 unspecified atom stereocenters. The topological polar surface area (TPSA) is 50.2 Å². The van der Waals surface area contributed by atoms with E-state index in [2.05, 4.69) is 47.1 Å². The van der Waals surface area contributed by atoms with Crippen LogP contribution in [0.4, 0.5) is 4.79 Å². The van der Waals surface area contributed by atoms with Gasteiger partial charge in [0.05, 0.1) is 11.0 Å². The molecule has 0 radical (unpaired) electrons. The summed E-state index contributed by atoms with van der Waals surface area (Å²) in [6, 6.07) is 16.7. The van der Waals surface area contributed by atoms with Gasteiger partial charge in [-0.1, -0.05) is 36.0 Å². The van der Waals surface area contributed by atoms with E-state index >= 15 is 0 Å². The lowest BCUT2D eigenvalue weighted by Gasteiger charge is -2.14.